The van der Waals surface area contributed by atoms with E-state index in [2.05, 4.69) is 5.32 Å². The van der Waals surface area contributed by atoms with Crippen LogP contribution in [-0.2, 0) is 14.3 Å². The van der Waals surface area contributed by atoms with E-state index in [1.165, 1.54) is 0 Å². The van der Waals surface area contributed by atoms with Crippen LogP contribution in [0.25, 0.3) is 0 Å². The van der Waals surface area contributed by atoms with Crippen LogP contribution in [0.5, 0.6) is 0 Å². The van der Waals surface area contributed by atoms with Crippen molar-refractivity contribution < 1.29 is 19.4 Å². The summed E-state index contributed by atoms with van der Waals surface area (Å²) in [5.74, 6) is -0.0281. The van der Waals surface area contributed by atoms with Gasteiger partial charge < -0.3 is 19.9 Å². The molecule has 0 spiro atoms. The van der Waals surface area contributed by atoms with E-state index in [1.807, 2.05) is 0 Å². The van der Waals surface area contributed by atoms with E-state index in [4.69, 9.17) is 14.6 Å². The van der Waals surface area contributed by atoms with Gasteiger partial charge >= 0.3 is 0 Å². The molecular formula is C8H15NO4. The average Bonchev–Trinajstić information content (AvgIpc) is 2.61. The summed E-state index contributed by atoms with van der Waals surface area (Å²) in [7, 11) is 1.59. The maximum absolute atomic E-state index is 10.8. The van der Waals surface area contributed by atoms with Crippen LogP contribution in [0.4, 0.5) is 0 Å². The molecule has 2 unspecified atom stereocenters. The lowest BCUT2D eigenvalue weighted by molar-refractivity contribution is -0.123. The first kappa shape index (κ1) is 10.4. The van der Waals surface area contributed by atoms with E-state index < -0.39 is 0 Å². The highest BCUT2D eigenvalue weighted by Gasteiger charge is 2.25. The largest absolute Gasteiger partial charge is 0.394 e. The molecule has 13 heavy (non-hydrogen) atoms. The molecule has 0 radical (unpaired) electrons. The van der Waals surface area contributed by atoms with Crippen molar-refractivity contribution in [2.45, 2.75) is 25.2 Å². The van der Waals surface area contributed by atoms with Crippen LogP contribution in [0.15, 0.2) is 0 Å². The van der Waals surface area contributed by atoms with E-state index >= 15 is 0 Å². The lowest BCUT2D eigenvalue weighted by Gasteiger charge is -2.08. The molecule has 0 aromatic rings. The van der Waals surface area contributed by atoms with Crippen LogP contribution in [-0.4, -0.2) is 43.7 Å². The molecule has 1 rings (SSSR count). The fourth-order valence-electron chi connectivity index (χ4n) is 1.13. The molecule has 5 nitrogen and oxygen atoms in total. The SMILES string of the molecule is CNC(=O)CCC1OCC(CO)O1. The summed E-state index contributed by atoms with van der Waals surface area (Å²) in [4.78, 5) is 10.8. The molecule has 1 aliphatic heterocycles. The van der Waals surface area contributed by atoms with Crippen molar-refractivity contribution in [1.82, 2.24) is 5.32 Å². The standard InChI is InChI=1S/C8H15NO4/c1-9-7(11)2-3-8-12-5-6(4-10)13-8/h6,8,10H,2-5H2,1H3,(H,9,11). The van der Waals surface area contributed by atoms with E-state index in [9.17, 15) is 4.79 Å². The molecule has 2 atom stereocenters. The van der Waals surface area contributed by atoms with E-state index in [1.54, 1.807) is 7.05 Å². The minimum atomic E-state index is -0.338. The number of carbonyl (C=O) groups is 1. The van der Waals surface area contributed by atoms with Crippen LogP contribution >= 0.6 is 0 Å². The molecule has 0 aromatic carbocycles. The Hall–Kier alpha value is -0.650. The Labute approximate surface area is 77.0 Å². The van der Waals surface area contributed by atoms with Crippen LogP contribution in [0.2, 0.25) is 0 Å². The van der Waals surface area contributed by atoms with Gasteiger partial charge in [-0.15, -0.1) is 0 Å². The second-order valence-corrected chi connectivity index (χ2v) is 2.92. The summed E-state index contributed by atoms with van der Waals surface area (Å²) in [6, 6.07) is 0. The zero-order chi connectivity index (χ0) is 9.68. The highest BCUT2D eigenvalue weighted by atomic mass is 16.7. The third-order valence-electron chi connectivity index (χ3n) is 1.90. The summed E-state index contributed by atoms with van der Waals surface area (Å²) < 4.78 is 10.4. The Morgan fingerprint density at radius 2 is 2.46 bits per heavy atom. The molecule has 1 aliphatic rings. The maximum atomic E-state index is 10.8. The van der Waals surface area contributed by atoms with Crippen LogP contribution < -0.4 is 5.32 Å². The van der Waals surface area contributed by atoms with Crippen molar-refractivity contribution in [2.24, 2.45) is 0 Å². The van der Waals surface area contributed by atoms with Gasteiger partial charge in [-0.05, 0) is 0 Å². The lowest BCUT2D eigenvalue weighted by atomic mass is 10.3. The third-order valence-corrected chi connectivity index (χ3v) is 1.90. The molecular weight excluding hydrogens is 174 g/mol. The Kier molecular flexibility index (Phi) is 4.14. The molecule has 1 fully saturated rings. The van der Waals surface area contributed by atoms with Crippen molar-refractivity contribution >= 4 is 5.91 Å². The van der Waals surface area contributed by atoms with Crippen molar-refractivity contribution in [3.05, 3.63) is 0 Å². The Balaban J connectivity index is 2.13. The number of amides is 1. The first-order chi connectivity index (χ1) is 6.26. The molecule has 1 heterocycles. The molecule has 76 valence electrons. The van der Waals surface area contributed by atoms with Gasteiger partial charge in [-0.25, -0.2) is 0 Å². The van der Waals surface area contributed by atoms with Gasteiger partial charge in [0.1, 0.15) is 6.10 Å². The second kappa shape index (κ2) is 5.16. The maximum Gasteiger partial charge on any atom is 0.219 e. The number of hydrogen-bond acceptors (Lipinski definition) is 4. The van der Waals surface area contributed by atoms with Gasteiger partial charge in [-0.3, -0.25) is 4.79 Å². The van der Waals surface area contributed by atoms with Crippen LogP contribution in [0.1, 0.15) is 12.8 Å². The first-order valence-corrected chi connectivity index (χ1v) is 4.34. The minimum absolute atomic E-state index is 0.0281. The van der Waals surface area contributed by atoms with Gasteiger partial charge in [-0.1, -0.05) is 0 Å². The molecule has 1 saturated heterocycles. The molecule has 5 heteroatoms. The predicted octanol–water partition coefficient (Wildman–Crippen LogP) is -0.754. The van der Waals surface area contributed by atoms with Gasteiger partial charge in [-0.2, -0.15) is 0 Å². The van der Waals surface area contributed by atoms with Crippen LogP contribution in [0, 0.1) is 0 Å². The van der Waals surface area contributed by atoms with E-state index in [-0.39, 0.29) is 24.9 Å². The Morgan fingerprint density at radius 1 is 1.69 bits per heavy atom. The predicted molar refractivity (Wildman–Crippen MR) is 45.0 cm³/mol. The number of nitrogens with one attached hydrogen (secondary N) is 1. The molecule has 1 amide bonds. The third kappa shape index (κ3) is 3.30. The summed E-state index contributed by atoms with van der Waals surface area (Å²) in [6.45, 7) is 0.380. The van der Waals surface area contributed by atoms with Crippen LogP contribution in [0.3, 0.4) is 0 Å². The van der Waals surface area contributed by atoms with Crippen molar-refractivity contribution in [1.29, 1.82) is 0 Å². The number of rotatable bonds is 4. The highest BCUT2D eigenvalue weighted by Crippen LogP contribution is 2.15. The molecule has 0 bridgehead atoms. The number of carbonyl (C=O) groups excluding carboxylic acids is 1. The Bertz CT molecular complexity index is 174. The number of ether oxygens (including phenoxy) is 2. The number of aliphatic hydroxyl groups is 1. The van der Waals surface area contributed by atoms with E-state index in [0.717, 1.165) is 0 Å². The van der Waals surface area contributed by atoms with Crippen molar-refractivity contribution in [3.63, 3.8) is 0 Å². The lowest BCUT2D eigenvalue weighted by Crippen LogP contribution is -2.21. The van der Waals surface area contributed by atoms with Crippen molar-refractivity contribution in [3.8, 4) is 0 Å². The summed E-state index contributed by atoms with van der Waals surface area (Å²) >= 11 is 0. The quantitative estimate of drug-likeness (QED) is 0.610. The normalized spacial score (nSPS) is 27.5. The second-order valence-electron chi connectivity index (χ2n) is 2.92. The van der Waals surface area contributed by atoms with Gasteiger partial charge in [0.15, 0.2) is 6.29 Å². The monoisotopic (exact) mass is 189 g/mol. The highest BCUT2D eigenvalue weighted by molar-refractivity contribution is 5.75. The summed E-state index contributed by atoms with van der Waals surface area (Å²) in [5, 5.41) is 11.2. The summed E-state index contributed by atoms with van der Waals surface area (Å²) in [5.41, 5.74) is 0. The zero-order valence-electron chi connectivity index (χ0n) is 7.66. The topological polar surface area (TPSA) is 67.8 Å². The summed E-state index contributed by atoms with van der Waals surface area (Å²) in [6.07, 6.45) is 0.360. The zero-order valence-corrected chi connectivity index (χ0v) is 7.66. The number of aliphatic hydroxyl groups excluding tert-OH is 1. The van der Waals surface area contributed by atoms with Gasteiger partial charge in [0.05, 0.1) is 13.2 Å². The first-order valence-electron chi connectivity index (χ1n) is 4.34. The molecule has 0 aliphatic carbocycles. The minimum Gasteiger partial charge on any atom is -0.394 e. The average molecular weight is 189 g/mol. The van der Waals surface area contributed by atoms with E-state index in [0.29, 0.717) is 19.4 Å². The molecule has 0 saturated carbocycles. The smallest absolute Gasteiger partial charge is 0.219 e. The molecule has 0 aromatic heterocycles. The van der Waals surface area contributed by atoms with Gasteiger partial charge in [0.25, 0.3) is 0 Å². The van der Waals surface area contributed by atoms with Gasteiger partial charge in [0, 0.05) is 19.9 Å². The Morgan fingerprint density at radius 3 is 3.00 bits per heavy atom. The number of hydrogen-bond donors (Lipinski definition) is 2. The fourth-order valence-corrected chi connectivity index (χ4v) is 1.13. The van der Waals surface area contributed by atoms with Gasteiger partial charge in [0.2, 0.25) is 5.91 Å². The fraction of sp³-hybridized carbons (Fsp3) is 0.875. The van der Waals surface area contributed by atoms with Crippen molar-refractivity contribution in [2.75, 3.05) is 20.3 Å². The molecule has 2 N–H and O–H groups in total.